The first-order valence-corrected chi connectivity index (χ1v) is 5.21. The molecule has 0 atom stereocenters. The van der Waals surface area contributed by atoms with Crippen LogP contribution in [0.3, 0.4) is 0 Å². The molecule has 1 aromatic heterocycles. The molecule has 0 saturated heterocycles. The molecule has 0 bridgehead atoms. The number of carboxylic acid groups (broad SMARTS) is 2. The molecular formula is C10H10F3N3O4. The van der Waals surface area contributed by atoms with Crippen molar-refractivity contribution in [2.75, 3.05) is 0 Å². The highest BCUT2D eigenvalue weighted by Crippen LogP contribution is 2.40. The molecule has 0 aromatic carbocycles. The Labute approximate surface area is 110 Å². The van der Waals surface area contributed by atoms with Crippen LogP contribution in [0.4, 0.5) is 13.2 Å². The summed E-state index contributed by atoms with van der Waals surface area (Å²) < 4.78 is 31.7. The Morgan fingerprint density at radius 1 is 1.20 bits per heavy atom. The Morgan fingerprint density at radius 3 is 1.85 bits per heavy atom. The smallest absolute Gasteiger partial charge is 0.478 e. The molecule has 1 aromatic rings. The number of rotatable bonds is 2. The normalized spacial score (nSPS) is 15.8. The van der Waals surface area contributed by atoms with Gasteiger partial charge in [-0.1, -0.05) is 0 Å². The number of carboxylic acids is 2. The minimum absolute atomic E-state index is 0.0907. The minimum atomic E-state index is -5.08. The SMILES string of the molecule is NC1(c2ncc(C(=O)O)cn2)CC1.O=C(O)C(F)(F)F. The van der Waals surface area contributed by atoms with Gasteiger partial charge in [-0.2, -0.15) is 13.2 Å². The van der Waals surface area contributed by atoms with Crippen molar-refractivity contribution in [2.45, 2.75) is 24.6 Å². The number of aromatic nitrogens is 2. The molecule has 20 heavy (non-hydrogen) atoms. The first-order chi connectivity index (χ1) is 9.06. The zero-order chi connectivity index (χ0) is 15.6. The molecule has 0 spiro atoms. The van der Waals surface area contributed by atoms with E-state index in [0.29, 0.717) is 5.82 Å². The Morgan fingerprint density at radius 2 is 1.60 bits per heavy atom. The number of aromatic carboxylic acids is 1. The van der Waals surface area contributed by atoms with E-state index in [1.807, 2.05) is 0 Å². The van der Waals surface area contributed by atoms with Gasteiger partial charge < -0.3 is 15.9 Å². The number of alkyl halides is 3. The zero-order valence-corrected chi connectivity index (χ0v) is 9.89. The lowest BCUT2D eigenvalue weighted by Crippen LogP contribution is -2.22. The van der Waals surface area contributed by atoms with Crippen LogP contribution in [0.2, 0.25) is 0 Å². The van der Waals surface area contributed by atoms with E-state index in [1.165, 1.54) is 12.4 Å². The van der Waals surface area contributed by atoms with Crippen LogP contribution in [0, 0.1) is 0 Å². The standard InChI is InChI=1S/C8H9N3O2.C2HF3O2/c9-8(1-2-8)7-10-3-5(4-11-7)6(12)13;3-2(4,5)1(6)7/h3-4H,1-2,9H2,(H,12,13);(H,6,7). The summed E-state index contributed by atoms with van der Waals surface area (Å²) in [5.74, 6) is -3.24. The van der Waals surface area contributed by atoms with E-state index in [2.05, 4.69) is 9.97 Å². The minimum Gasteiger partial charge on any atom is -0.478 e. The summed E-state index contributed by atoms with van der Waals surface area (Å²) in [6.07, 6.45) is -0.756. The first-order valence-electron chi connectivity index (χ1n) is 5.21. The molecule has 4 N–H and O–H groups in total. The maximum atomic E-state index is 10.6. The van der Waals surface area contributed by atoms with E-state index < -0.39 is 23.7 Å². The second-order valence-electron chi connectivity index (χ2n) is 4.06. The first kappa shape index (κ1) is 15.8. The zero-order valence-electron chi connectivity index (χ0n) is 9.89. The summed E-state index contributed by atoms with van der Waals surface area (Å²) in [4.78, 5) is 27.2. The fraction of sp³-hybridized carbons (Fsp3) is 0.400. The molecule has 1 fully saturated rings. The van der Waals surface area contributed by atoms with Crippen LogP contribution >= 0.6 is 0 Å². The van der Waals surface area contributed by atoms with Crippen LogP contribution in [-0.2, 0) is 10.3 Å². The largest absolute Gasteiger partial charge is 0.490 e. The molecule has 1 saturated carbocycles. The molecule has 110 valence electrons. The number of hydrogen-bond donors (Lipinski definition) is 3. The molecular weight excluding hydrogens is 283 g/mol. The number of carbonyl (C=O) groups is 2. The number of nitrogens with two attached hydrogens (primary N) is 1. The Bertz CT molecular complexity index is 511. The molecule has 0 unspecified atom stereocenters. The van der Waals surface area contributed by atoms with Crippen LogP contribution in [-0.4, -0.2) is 38.3 Å². The lowest BCUT2D eigenvalue weighted by Gasteiger charge is -2.05. The van der Waals surface area contributed by atoms with Crippen LogP contribution in [0.1, 0.15) is 29.0 Å². The molecule has 0 amide bonds. The summed E-state index contributed by atoms with van der Waals surface area (Å²) in [5, 5.41) is 15.7. The van der Waals surface area contributed by atoms with E-state index in [0.717, 1.165) is 12.8 Å². The molecule has 1 heterocycles. The van der Waals surface area contributed by atoms with Gasteiger partial charge in [0.25, 0.3) is 0 Å². The quantitative estimate of drug-likeness (QED) is 0.734. The van der Waals surface area contributed by atoms with Crippen molar-refractivity contribution < 1.29 is 33.0 Å². The third kappa shape index (κ3) is 4.16. The van der Waals surface area contributed by atoms with Gasteiger partial charge in [-0.25, -0.2) is 19.6 Å². The maximum Gasteiger partial charge on any atom is 0.490 e. The molecule has 1 aliphatic rings. The number of nitrogens with zero attached hydrogens (tertiary/aromatic N) is 2. The van der Waals surface area contributed by atoms with Gasteiger partial charge in [-0.15, -0.1) is 0 Å². The fourth-order valence-corrected chi connectivity index (χ4v) is 1.05. The summed E-state index contributed by atoms with van der Waals surface area (Å²) in [6.45, 7) is 0. The van der Waals surface area contributed by atoms with Gasteiger partial charge in [0.2, 0.25) is 0 Å². The van der Waals surface area contributed by atoms with Gasteiger partial charge in [-0.05, 0) is 12.8 Å². The third-order valence-corrected chi connectivity index (χ3v) is 2.38. The Balaban J connectivity index is 0.000000246. The van der Waals surface area contributed by atoms with Crippen LogP contribution in [0.15, 0.2) is 12.4 Å². The average molecular weight is 293 g/mol. The lowest BCUT2D eigenvalue weighted by atomic mass is 10.2. The van der Waals surface area contributed by atoms with Gasteiger partial charge in [0.15, 0.2) is 0 Å². The summed E-state index contributed by atoms with van der Waals surface area (Å²) in [5.41, 5.74) is 5.52. The number of halogens is 3. The van der Waals surface area contributed by atoms with E-state index in [1.54, 1.807) is 0 Å². The highest BCUT2D eigenvalue weighted by molar-refractivity contribution is 5.86. The number of aliphatic carboxylic acids is 1. The van der Waals surface area contributed by atoms with E-state index in [9.17, 15) is 18.0 Å². The van der Waals surface area contributed by atoms with Crippen molar-refractivity contribution in [3.05, 3.63) is 23.8 Å². The van der Waals surface area contributed by atoms with E-state index >= 15 is 0 Å². The second-order valence-corrected chi connectivity index (χ2v) is 4.06. The summed E-state index contributed by atoms with van der Waals surface area (Å²) in [6, 6.07) is 0. The lowest BCUT2D eigenvalue weighted by molar-refractivity contribution is -0.192. The third-order valence-electron chi connectivity index (χ3n) is 2.38. The predicted octanol–water partition coefficient (Wildman–Crippen LogP) is 0.756. The molecule has 2 rings (SSSR count). The van der Waals surface area contributed by atoms with Crippen molar-refractivity contribution in [1.82, 2.24) is 9.97 Å². The molecule has 0 aliphatic heterocycles. The van der Waals surface area contributed by atoms with Gasteiger partial charge in [-0.3, -0.25) is 0 Å². The van der Waals surface area contributed by atoms with Crippen LogP contribution in [0.25, 0.3) is 0 Å². The van der Waals surface area contributed by atoms with E-state index in [4.69, 9.17) is 20.7 Å². The highest BCUT2D eigenvalue weighted by atomic mass is 19.4. The topological polar surface area (TPSA) is 126 Å². The second kappa shape index (κ2) is 5.41. The van der Waals surface area contributed by atoms with Crippen molar-refractivity contribution in [2.24, 2.45) is 5.73 Å². The van der Waals surface area contributed by atoms with Gasteiger partial charge >= 0.3 is 18.1 Å². The Hall–Kier alpha value is -2.23. The van der Waals surface area contributed by atoms with Crippen molar-refractivity contribution in [1.29, 1.82) is 0 Å². The van der Waals surface area contributed by atoms with E-state index in [-0.39, 0.29) is 5.56 Å². The summed E-state index contributed by atoms with van der Waals surface area (Å²) >= 11 is 0. The molecule has 10 heteroatoms. The average Bonchev–Trinajstić information content (AvgIpc) is 3.08. The highest BCUT2D eigenvalue weighted by Gasteiger charge is 2.42. The Kier molecular flexibility index (Phi) is 4.28. The van der Waals surface area contributed by atoms with Gasteiger partial charge in [0.05, 0.1) is 11.1 Å². The van der Waals surface area contributed by atoms with Crippen LogP contribution < -0.4 is 5.73 Å². The fourth-order valence-electron chi connectivity index (χ4n) is 1.05. The maximum absolute atomic E-state index is 10.6. The van der Waals surface area contributed by atoms with Crippen molar-refractivity contribution >= 4 is 11.9 Å². The number of hydrogen-bond acceptors (Lipinski definition) is 5. The molecule has 7 nitrogen and oxygen atoms in total. The van der Waals surface area contributed by atoms with Crippen molar-refractivity contribution in [3.8, 4) is 0 Å². The summed E-state index contributed by atoms with van der Waals surface area (Å²) in [7, 11) is 0. The van der Waals surface area contributed by atoms with Gasteiger partial charge in [0.1, 0.15) is 5.82 Å². The van der Waals surface area contributed by atoms with Crippen molar-refractivity contribution in [3.63, 3.8) is 0 Å². The monoisotopic (exact) mass is 293 g/mol. The van der Waals surface area contributed by atoms with Gasteiger partial charge in [0, 0.05) is 12.4 Å². The van der Waals surface area contributed by atoms with Crippen LogP contribution in [0.5, 0.6) is 0 Å². The molecule has 0 radical (unpaired) electrons. The predicted molar refractivity (Wildman–Crippen MR) is 57.8 cm³/mol. The molecule has 1 aliphatic carbocycles.